The third-order valence-corrected chi connectivity index (χ3v) is 5.79. The number of nitrogen functional groups attached to an aromatic ring is 1. The van der Waals surface area contributed by atoms with Crippen molar-refractivity contribution < 1.29 is 13.5 Å². The van der Waals surface area contributed by atoms with Gasteiger partial charge in [-0.2, -0.15) is 4.31 Å². The first-order valence-corrected chi connectivity index (χ1v) is 7.76. The highest BCUT2D eigenvalue weighted by Crippen LogP contribution is 2.28. The molecular weight excluding hydrogens is 264 g/mol. The molecule has 0 aliphatic carbocycles. The van der Waals surface area contributed by atoms with E-state index in [0.717, 1.165) is 0 Å². The van der Waals surface area contributed by atoms with Gasteiger partial charge in [-0.05, 0) is 44.4 Å². The molecule has 1 aliphatic heterocycles. The summed E-state index contributed by atoms with van der Waals surface area (Å²) in [6, 6.07) is 4.92. The highest BCUT2D eigenvalue weighted by molar-refractivity contribution is 7.89. The minimum atomic E-state index is -3.52. The molecule has 1 saturated heterocycles. The summed E-state index contributed by atoms with van der Waals surface area (Å²) in [6.45, 7) is 4.12. The number of benzene rings is 1. The van der Waals surface area contributed by atoms with Crippen LogP contribution in [0, 0.1) is 6.92 Å². The minimum Gasteiger partial charge on any atom is -0.398 e. The van der Waals surface area contributed by atoms with Gasteiger partial charge in [-0.25, -0.2) is 8.42 Å². The molecule has 0 radical (unpaired) electrons. The molecule has 0 bridgehead atoms. The van der Waals surface area contributed by atoms with Crippen molar-refractivity contribution in [1.29, 1.82) is 0 Å². The van der Waals surface area contributed by atoms with Crippen molar-refractivity contribution in [2.45, 2.75) is 37.2 Å². The topological polar surface area (TPSA) is 83.6 Å². The van der Waals surface area contributed by atoms with Crippen LogP contribution >= 0.6 is 0 Å². The van der Waals surface area contributed by atoms with Gasteiger partial charge in [0.25, 0.3) is 0 Å². The summed E-state index contributed by atoms with van der Waals surface area (Å²) < 4.78 is 26.5. The van der Waals surface area contributed by atoms with E-state index in [-0.39, 0.29) is 4.90 Å². The molecule has 0 saturated carbocycles. The van der Waals surface area contributed by atoms with Gasteiger partial charge in [0.1, 0.15) is 0 Å². The average molecular weight is 284 g/mol. The number of piperidine rings is 1. The van der Waals surface area contributed by atoms with Crippen molar-refractivity contribution in [3.05, 3.63) is 23.8 Å². The summed E-state index contributed by atoms with van der Waals surface area (Å²) in [7, 11) is -3.52. The molecule has 1 heterocycles. The maximum absolute atomic E-state index is 12.6. The Balaban J connectivity index is 2.31. The second kappa shape index (κ2) is 4.77. The molecule has 5 nitrogen and oxygen atoms in total. The van der Waals surface area contributed by atoms with Crippen molar-refractivity contribution in [3.63, 3.8) is 0 Å². The number of nitrogens with two attached hydrogens (primary N) is 1. The summed E-state index contributed by atoms with van der Waals surface area (Å²) >= 11 is 0. The number of hydrogen-bond donors (Lipinski definition) is 2. The Morgan fingerprint density at radius 3 is 2.47 bits per heavy atom. The van der Waals surface area contributed by atoms with E-state index in [1.807, 2.05) is 0 Å². The number of hydrogen-bond acceptors (Lipinski definition) is 4. The Bertz CT molecular complexity index is 572. The van der Waals surface area contributed by atoms with E-state index in [0.29, 0.717) is 37.2 Å². The molecule has 1 aromatic carbocycles. The summed E-state index contributed by atoms with van der Waals surface area (Å²) in [5.41, 5.74) is 6.06. The Morgan fingerprint density at radius 1 is 1.32 bits per heavy atom. The Hall–Kier alpha value is -1.11. The fraction of sp³-hybridized carbons (Fsp3) is 0.538. The molecule has 0 unspecified atom stereocenters. The van der Waals surface area contributed by atoms with Crippen LogP contribution in [-0.4, -0.2) is 36.5 Å². The van der Waals surface area contributed by atoms with Crippen LogP contribution in [0.2, 0.25) is 0 Å². The zero-order valence-corrected chi connectivity index (χ0v) is 12.1. The van der Waals surface area contributed by atoms with E-state index in [1.165, 1.54) is 4.31 Å². The summed E-state index contributed by atoms with van der Waals surface area (Å²) in [5.74, 6) is 0. The number of nitrogens with zero attached hydrogens (tertiary/aromatic N) is 1. The fourth-order valence-corrected chi connectivity index (χ4v) is 3.96. The second-order valence-corrected chi connectivity index (χ2v) is 7.28. The third kappa shape index (κ3) is 2.75. The molecule has 1 aliphatic rings. The number of sulfonamides is 1. The lowest BCUT2D eigenvalue weighted by molar-refractivity contribution is 0.0126. The molecule has 19 heavy (non-hydrogen) atoms. The van der Waals surface area contributed by atoms with Crippen molar-refractivity contribution in [3.8, 4) is 0 Å². The van der Waals surface area contributed by atoms with E-state index in [1.54, 1.807) is 32.0 Å². The molecule has 0 aromatic heterocycles. The van der Waals surface area contributed by atoms with E-state index in [2.05, 4.69) is 0 Å². The molecule has 0 atom stereocenters. The first-order chi connectivity index (χ1) is 8.74. The summed E-state index contributed by atoms with van der Waals surface area (Å²) in [4.78, 5) is 0.258. The van der Waals surface area contributed by atoms with E-state index in [9.17, 15) is 13.5 Å². The van der Waals surface area contributed by atoms with Gasteiger partial charge in [-0.1, -0.05) is 6.07 Å². The van der Waals surface area contributed by atoms with Gasteiger partial charge >= 0.3 is 0 Å². The smallest absolute Gasteiger partial charge is 0.243 e. The highest BCUT2D eigenvalue weighted by Gasteiger charge is 2.34. The Labute approximate surface area is 114 Å². The van der Waals surface area contributed by atoms with Crippen LogP contribution in [-0.2, 0) is 10.0 Å². The van der Waals surface area contributed by atoms with Gasteiger partial charge < -0.3 is 10.8 Å². The standard InChI is InChI=1S/C13H20N2O3S/c1-10-11(14)4-3-5-12(10)19(17,18)15-8-6-13(2,16)7-9-15/h3-5,16H,6-9,14H2,1-2H3. The second-order valence-electron chi connectivity index (χ2n) is 5.37. The van der Waals surface area contributed by atoms with Crippen molar-refractivity contribution in [2.75, 3.05) is 18.8 Å². The minimum absolute atomic E-state index is 0.258. The number of rotatable bonds is 2. The predicted molar refractivity (Wildman–Crippen MR) is 74.2 cm³/mol. The summed E-state index contributed by atoms with van der Waals surface area (Å²) in [5, 5.41) is 9.89. The molecule has 6 heteroatoms. The lowest BCUT2D eigenvalue weighted by Gasteiger charge is -2.35. The van der Waals surface area contributed by atoms with Crippen LogP contribution in [0.3, 0.4) is 0 Å². The summed E-state index contributed by atoms with van der Waals surface area (Å²) in [6.07, 6.45) is 0.904. The molecule has 1 fully saturated rings. The first kappa shape index (κ1) is 14.3. The molecule has 106 valence electrons. The SMILES string of the molecule is Cc1c(N)cccc1S(=O)(=O)N1CCC(C)(O)CC1. The van der Waals surface area contributed by atoms with Crippen LogP contribution in [0.15, 0.2) is 23.1 Å². The van der Waals surface area contributed by atoms with Gasteiger partial charge in [-0.15, -0.1) is 0 Å². The number of anilines is 1. The normalized spacial score (nSPS) is 20.4. The van der Waals surface area contributed by atoms with Gasteiger partial charge in [0, 0.05) is 18.8 Å². The molecule has 0 spiro atoms. The van der Waals surface area contributed by atoms with Crippen molar-refractivity contribution >= 4 is 15.7 Å². The molecule has 0 amide bonds. The first-order valence-electron chi connectivity index (χ1n) is 6.32. The zero-order chi connectivity index (χ0) is 14.3. The lowest BCUT2D eigenvalue weighted by atomic mass is 9.95. The monoisotopic (exact) mass is 284 g/mol. The van der Waals surface area contributed by atoms with E-state index < -0.39 is 15.6 Å². The van der Waals surface area contributed by atoms with E-state index >= 15 is 0 Å². The third-order valence-electron chi connectivity index (χ3n) is 3.74. The lowest BCUT2D eigenvalue weighted by Crippen LogP contribution is -2.45. The van der Waals surface area contributed by atoms with Crippen LogP contribution in [0.25, 0.3) is 0 Å². The van der Waals surface area contributed by atoms with Crippen LogP contribution in [0.5, 0.6) is 0 Å². The molecular formula is C13H20N2O3S. The average Bonchev–Trinajstić information content (AvgIpc) is 2.32. The predicted octanol–water partition coefficient (Wildman–Crippen LogP) is 1.11. The van der Waals surface area contributed by atoms with Crippen LogP contribution in [0.4, 0.5) is 5.69 Å². The van der Waals surface area contributed by atoms with Crippen molar-refractivity contribution in [2.24, 2.45) is 0 Å². The van der Waals surface area contributed by atoms with Crippen molar-refractivity contribution in [1.82, 2.24) is 4.31 Å². The number of aliphatic hydroxyl groups is 1. The van der Waals surface area contributed by atoms with Gasteiger partial charge in [0.05, 0.1) is 10.5 Å². The van der Waals surface area contributed by atoms with Gasteiger partial charge in [0.15, 0.2) is 0 Å². The quantitative estimate of drug-likeness (QED) is 0.797. The van der Waals surface area contributed by atoms with Gasteiger partial charge in [0.2, 0.25) is 10.0 Å². The maximum Gasteiger partial charge on any atom is 0.243 e. The molecule has 3 N–H and O–H groups in total. The highest BCUT2D eigenvalue weighted by atomic mass is 32.2. The Morgan fingerprint density at radius 2 is 1.89 bits per heavy atom. The van der Waals surface area contributed by atoms with Crippen LogP contribution in [0.1, 0.15) is 25.3 Å². The fourth-order valence-electron chi connectivity index (χ4n) is 2.26. The Kier molecular flexibility index (Phi) is 3.59. The largest absolute Gasteiger partial charge is 0.398 e. The van der Waals surface area contributed by atoms with Crippen LogP contribution < -0.4 is 5.73 Å². The van der Waals surface area contributed by atoms with Gasteiger partial charge in [-0.3, -0.25) is 0 Å². The maximum atomic E-state index is 12.6. The van der Waals surface area contributed by atoms with E-state index in [4.69, 9.17) is 5.73 Å². The zero-order valence-electron chi connectivity index (χ0n) is 11.3. The molecule has 1 aromatic rings. The molecule has 2 rings (SSSR count).